The van der Waals surface area contributed by atoms with Gasteiger partial charge in [0.05, 0.1) is 6.61 Å². The molecule has 0 N–H and O–H groups in total. The van der Waals surface area contributed by atoms with Crippen molar-refractivity contribution in [2.45, 2.75) is 58.3 Å². The van der Waals surface area contributed by atoms with Crippen LogP contribution in [0.5, 0.6) is 0 Å². The Bertz CT molecular complexity index is 831. The first kappa shape index (κ1) is 23.0. The highest BCUT2D eigenvalue weighted by Crippen LogP contribution is 2.25. The third kappa shape index (κ3) is 8.29. The number of hydrogen-bond acceptors (Lipinski definition) is 4. The second-order valence-electron chi connectivity index (χ2n) is 6.99. The molecule has 0 saturated carbocycles. The van der Waals surface area contributed by atoms with E-state index in [9.17, 15) is 10.1 Å². The Morgan fingerprint density at radius 3 is 2.34 bits per heavy atom. The van der Waals surface area contributed by atoms with Crippen molar-refractivity contribution >= 4 is 28.0 Å². The van der Waals surface area contributed by atoms with Gasteiger partial charge in [-0.15, -0.1) is 0 Å². The third-order valence-corrected chi connectivity index (χ3v) is 5.14. The number of rotatable bonds is 12. The fraction of sp³-hybridized carbons (Fsp3) is 0.417. The molecule has 29 heavy (non-hydrogen) atoms. The smallest absolute Gasteiger partial charge is 0.349 e. The van der Waals surface area contributed by atoms with Crippen molar-refractivity contribution in [1.29, 1.82) is 5.26 Å². The zero-order valence-electron chi connectivity index (χ0n) is 17.0. The molecule has 0 saturated heterocycles. The van der Waals surface area contributed by atoms with Gasteiger partial charge in [0.15, 0.2) is 0 Å². The van der Waals surface area contributed by atoms with Crippen molar-refractivity contribution in [1.82, 2.24) is 0 Å². The van der Waals surface area contributed by atoms with E-state index >= 15 is 0 Å². The van der Waals surface area contributed by atoms with Crippen LogP contribution >= 0.6 is 15.9 Å². The summed E-state index contributed by atoms with van der Waals surface area (Å²) in [5, 5.41) is 9.29. The highest BCUT2D eigenvalue weighted by molar-refractivity contribution is 9.10. The van der Waals surface area contributed by atoms with Crippen LogP contribution in [-0.2, 0) is 9.53 Å². The quantitative estimate of drug-likeness (QED) is 0.145. The average Bonchev–Trinajstić information content (AvgIpc) is 3.19. The molecule has 0 aliphatic rings. The van der Waals surface area contributed by atoms with Gasteiger partial charge in [-0.2, -0.15) is 5.26 Å². The van der Waals surface area contributed by atoms with Crippen LogP contribution in [-0.4, -0.2) is 12.6 Å². The molecule has 0 atom stereocenters. The van der Waals surface area contributed by atoms with Gasteiger partial charge in [-0.3, -0.25) is 0 Å². The highest BCUT2D eigenvalue weighted by atomic mass is 79.9. The van der Waals surface area contributed by atoms with Crippen LogP contribution in [0.1, 0.15) is 64.1 Å². The Hall–Kier alpha value is -2.32. The van der Waals surface area contributed by atoms with E-state index in [0.717, 1.165) is 29.3 Å². The van der Waals surface area contributed by atoms with E-state index in [1.165, 1.54) is 38.2 Å². The second-order valence-corrected chi connectivity index (χ2v) is 7.91. The van der Waals surface area contributed by atoms with E-state index in [0.29, 0.717) is 18.1 Å². The summed E-state index contributed by atoms with van der Waals surface area (Å²) in [7, 11) is 0. The van der Waals surface area contributed by atoms with Crippen LogP contribution in [0.3, 0.4) is 0 Å². The molecule has 0 aliphatic carbocycles. The van der Waals surface area contributed by atoms with Crippen molar-refractivity contribution in [2.24, 2.45) is 0 Å². The molecule has 4 nitrogen and oxygen atoms in total. The maximum Gasteiger partial charge on any atom is 0.349 e. The summed E-state index contributed by atoms with van der Waals surface area (Å²) in [6.45, 7) is 2.56. The standard InChI is InChI=1S/C24H28BrNO3/c1-2-3-4-5-6-7-8-9-16-28-24(27)20(18-26)17-22-14-15-23(29-22)19-10-12-21(25)13-11-19/h10-15,17H,2-9,16H2,1H3/b20-17+. The molecule has 0 spiro atoms. The lowest BCUT2D eigenvalue weighted by molar-refractivity contribution is -0.138. The van der Waals surface area contributed by atoms with Crippen LogP contribution in [0.15, 0.2) is 50.9 Å². The molecule has 1 aromatic carbocycles. The number of carbonyl (C=O) groups excluding carboxylic acids is 1. The van der Waals surface area contributed by atoms with E-state index in [4.69, 9.17) is 9.15 Å². The summed E-state index contributed by atoms with van der Waals surface area (Å²) in [6, 6.07) is 13.2. The Balaban J connectivity index is 1.78. The van der Waals surface area contributed by atoms with Gasteiger partial charge in [-0.1, -0.05) is 79.9 Å². The molecular formula is C24H28BrNO3. The first-order valence-electron chi connectivity index (χ1n) is 10.3. The number of benzene rings is 1. The summed E-state index contributed by atoms with van der Waals surface area (Å²) in [5.74, 6) is 0.522. The molecule has 1 aromatic heterocycles. The first-order valence-corrected chi connectivity index (χ1v) is 11.1. The summed E-state index contributed by atoms with van der Waals surface area (Å²) in [4.78, 5) is 12.1. The fourth-order valence-corrected chi connectivity index (χ4v) is 3.22. The molecule has 154 valence electrons. The van der Waals surface area contributed by atoms with Crippen LogP contribution in [0.2, 0.25) is 0 Å². The minimum absolute atomic E-state index is 0.0544. The lowest BCUT2D eigenvalue weighted by Gasteiger charge is -2.04. The van der Waals surface area contributed by atoms with Crippen molar-refractivity contribution < 1.29 is 13.9 Å². The Labute approximate surface area is 181 Å². The predicted molar refractivity (Wildman–Crippen MR) is 119 cm³/mol. The zero-order chi connectivity index (χ0) is 20.9. The lowest BCUT2D eigenvalue weighted by atomic mass is 10.1. The SMILES string of the molecule is CCCCCCCCCCOC(=O)/C(C#N)=C/c1ccc(-c2ccc(Br)cc2)o1. The van der Waals surface area contributed by atoms with Crippen molar-refractivity contribution in [3.8, 4) is 17.4 Å². The predicted octanol–water partition coefficient (Wildman–Crippen LogP) is 7.30. The van der Waals surface area contributed by atoms with Crippen LogP contribution < -0.4 is 0 Å². The molecule has 0 amide bonds. The molecule has 1 heterocycles. The van der Waals surface area contributed by atoms with Gasteiger partial charge in [0.25, 0.3) is 0 Å². The van der Waals surface area contributed by atoms with Crippen LogP contribution in [0, 0.1) is 11.3 Å². The zero-order valence-corrected chi connectivity index (χ0v) is 18.5. The number of furan rings is 1. The molecule has 5 heteroatoms. The summed E-state index contributed by atoms with van der Waals surface area (Å²) >= 11 is 3.40. The normalized spacial score (nSPS) is 11.3. The van der Waals surface area contributed by atoms with Gasteiger partial charge < -0.3 is 9.15 Å². The Kier molecular flexibility index (Phi) is 10.3. The number of unbranched alkanes of at least 4 members (excludes halogenated alkanes) is 7. The first-order chi connectivity index (χ1) is 14.1. The van der Waals surface area contributed by atoms with Crippen molar-refractivity contribution in [3.05, 3.63) is 52.2 Å². The number of carbonyl (C=O) groups is 1. The topological polar surface area (TPSA) is 63.2 Å². The largest absolute Gasteiger partial charge is 0.462 e. The van der Waals surface area contributed by atoms with Gasteiger partial charge in [-0.25, -0.2) is 4.79 Å². The van der Waals surface area contributed by atoms with E-state index in [2.05, 4.69) is 22.9 Å². The third-order valence-electron chi connectivity index (χ3n) is 4.61. The Morgan fingerprint density at radius 2 is 1.69 bits per heavy atom. The van der Waals surface area contributed by atoms with E-state index < -0.39 is 5.97 Å². The van der Waals surface area contributed by atoms with E-state index in [1.54, 1.807) is 6.07 Å². The van der Waals surface area contributed by atoms with Crippen LogP contribution in [0.25, 0.3) is 17.4 Å². The van der Waals surface area contributed by atoms with Gasteiger partial charge >= 0.3 is 5.97 Å². The number of hydrogen-bond donors (Lipinski definition) is 0. The van der Waals surface area contributed by atoms with E-state index in [1.807, 2.05) is 36.4 Å². The molecule has 2 aromatic rings. The fourth-order valence-electron chi connectivity index (χ4n) is 2.96. The van der Waals surface area contributed by atoms with Gasteiger partial charge in [0, 0.05) is 16.1 Å². The maximum atomic E-state index is 12.1. The summed E-state index contributed by atoms with van der Waals surface area (Å²) in [5.41, 5.74) is 0.866. The van der Waals surface area contributed by atoms with Crippen molar-refractivity contribution in [2.75, 3.05) is 6.61 Å². The number of esters is 1. The number of ether oxygens (including phenoxy) is 1. The van der Waals surface area contributed by atoms with Gasteiger partial charge in [-0.05, 0) is 30.7 Å². The number of nitrogens with zero attached hydrogens (tertiary/aromatic N) is 1. The molecule has 0 unspecified atom stereocenters. The maximum absolute atomic E-state index is 12.1. The van der Waals surface area contributed by atoms with Crippen LogP contribution in [0.4, 0.5) is 0 Å². The molecule has 0 aliphatic heterocycles. The second kappa shape index (κ2) is 13.0. The molecule has 0 fully saturated rings. The number of nitriles is 1. The monoisotopic (exact) mass is 457 g/mol. The van der Waals surface area contributed by atoms with E-state index in [-0.39, 0.29) is 5.57 Å². The minimum atomic E-state index is -0.600. The van der Waals surface area contributed by atoms with Gasteiger partial charge in [0.2, 0.25) is 0 Å². The number of halogens is 1. The summed E-state index contributed by atoms with van der Waals surface area (Å²) in [6.07, 6.45) is 10.8. The molecule has 2 rings (SSSR count). The molecule has 0 radical (unpaired) electrons. The minimum Gasteiger partial charge on any atom is -0.462 e. The summed E-state index contributed by atoms with van der Waals surface area (Å²) < 4.78 is 12.0. The van der Waals surface area contributed by atoms with Crippen molar-refractivity contribution in [3.63, 3.8) is 0 Å². The van der Waals surface area contributed by atoms with Gasteiger partial charge in [0.1, 0.15) is 23.2 Å². The average molecular weight is 458 g/mol. The molecular weight excluding hydrogens is 430 g/mol. The highest BCUT2D eigenvalue weighted by Gasteiger charge is 2.12. The molecule has 0 bridgehead atoms. The Morgan fingerprint density at radius 1 is 1.03 bits per heavy atom. The lowest BCUT2D eigenvalue weighted by Crippen LogP contribution is -2.07.